The van der Waals surface area contributed by atoms with Gasteiger partial charge in [-0.1, -0.05) is 46.0 Å². The first kappa shape index (κ1) is 21.3. The van der Waals surface area contributed by atoms with Crippen LogP contribution in [0.25, 0.3) is 0 Å². The lowest BCUT2D eigenvalue weighted by molar-refractivity contribution is -0.151. The molecular formula is C16H33NO5. The van der Waals surface area contributed by atoms with Gasteiger partial charge in [0, 0.05) is 13.7 Å². The monoisotopic (exact) mass is 319 g/mol. The van der Waals surface area contributed by atoms with Crippen LogP contribution in [0.15, 0.2) is 0 Å². The number of carbonyl (C=O) groups is 1. The predicted molar refractivity (Wildman–Crippen MR) is 85.5 cm³/mol. The highest BCUT2D eigenvalue weighted by Gasteiger charge is 2.35. The summed E-state index contributed by atoms with van der Waals surface area (Å²) in [6, 6.07) is 0. The normalized spacial score (nSPS) is 16.8. The third kappa shape index (κ3) is 8.08. The highest BCUT2D eigenvalue weighted by atomic mass is 16.5. The minimum absolute atomic E-state index is 0.286. The Morgan fingerprint density at radius 3 is 2.14 bits per heavy atom. The Morgan fingerprint density at radius 2 is 1.59 bits per heavy atom. The first-order chi connectivity index (χ1) is 10.5. The van der Waals surface area contributed by atoms with Gasteiger partial charge in [0.2, 0.25) is 0 Å². The molecule has 0 heterocycles. The number of methoxy groups -OCH3 is 1. The summed E-state index contributed by atoms with van der Waals surface area (Å²) in [5.74, 6) is -0.467. The molecule has 0 aliphatic heterocycles. The van der Waals surface area contributed by atoms with Crippen molar-refractivity contribution in [1.29, 1.82) is 0 Å². The van der Waals surface area contributed by atoms with E-state index < -0.39 is 30.3 Å². The lowest BCUT2D eigenvalue weighted by Gasteiger charge is -2.27. The Balaban J connectivity index is 4.09. The number of aliphatic hydroxyl groups excluding tert-OH is 3. The summed E-state index contributed by atoms with van der Waals surface area (Å²) >= 11 is 0. The van der Waals surface area contributed by atoms with Crippen LogP contribution in [0.2, 0.25) is 0 Å². The van der Waals surface area contributed by atoms with Crippen LogP contribution in [-0.4, -0.2) is 59.3 Å². The first-order valence-corrected chi connectivity index (χ1v) is 8.34. The number of carbonyl (C=O) groups excluding carboxylic acids is 1. The molecule has 0 aliphatic rings. The van der Waals surface area contributed by atoms with Crippen molar-refractivity contribution in [3.8, 4) is 0 Å². The van der Waals surface area contributed by atoms with Gasteiger partial charge in [-0.3, -0.25) is 4.79 Å². The van der Waals surface area contributed by atoms with E-state index >= 15 is 0 Å². The van der Waals surface area contributed by atoms with E-state index in [1.807, 2.05) is 0 Å². The quantitative estimate of drug-likeness (QED) is 0.379. The maximum absolute atomic E-state index is 12.0. The SMILES string of the molecule is CCCCCCCCNC(=O)[C@H](OC)[C@@H](O)[C@H](O)[C@H](O)CC. The summed E-state index contributed by atoms with van der Waals surface area (Å²) in [7, 11) is 1.29. The fraction of sp³-hybridized carbons (Fsp3) is 0.938. The van der Waals surface area contributed by atoms with Crippen molar-refractivity contribution in [2.45, 2.75) is 83.2 Å². The fourth-order valence-electron chi connectivity index (χ4n) is 2.27. The minimum Gasteiger partial charge on any atom is -0.390 e. The Kier molecular flexibility index (Phi) is 12.4. The van der Waals surface area contributed by atoms with Crippen LogP contribution in [0.1, 0.15) is 58.8 Å². The van der Waals surface area contributed by atoms with Crippen LogP contribution in [0.5, 0.6) is 0 Å². The van der Waals surface area contributed by atoms with Gasteiger partial charge in [0.05, 0.1) is 6.10 Å². The van der Waals surface area contributed by atoms with E-state index in [9.17, 15) is 20.1 Å². The highest BCUT2D eigenvalue weighted by Crippen LogP contribution is 2.10. The first-order valence-electron chi connectivity index (χ1n) is 8.34. The van der Waals surface area contributed by atoms with Gasteiger partial charge in [0.15, 0.2) is 6.10 Å². The Labute approximate surface area is 133 Å². The predicted octanol–water partition coefficient (Wildman–Crippen LogP) is 0.971. The molecule has 0 saturated heterocycles. The number of nitrogens with one attached hydrogen (secondary N) is 1. The smallest absolute Gasteiger partial charge is 0.251 e. The molecule has 0 spiro atoms. The van der Waals surface area contributed by atoms with E-state index in [2.05, 4.69) is 12.2 Å². The number of hydrogen-bond donors (Lipinski definition) is 4. The molecule has 0 aromatic carbocycles. The largest absolute Gasteiger partial charge is 0.390 e. The molecule has 132 valence electrons. The van der Waals surface area contributed by atoms with Crippen LogP contribution >= 0.6 is 0 Å². The van der Waals surface area contributed by atoms with Crippen LogP contribution in [0.4, 0.5) is 0 Å². The van der Waals surface area contributed by atoms with E-state index in [4.69, 9.17) is 4.74 Å². The van der Waals surface area contributed by atoms with Gasteiger partial charge < -0.3 is 25.4 Å². The third-order valence-electron chi connectivity index (χ3n) is 3.81. The van der Waals surface area contributed by atoms with Crippen molar-refractivity contribution >= 4 is 5.91 Å². The Morgan fingerprint density at radius 1 is 1.00 bits per heavy atom. The third-order valence-corrected chi connectivity index (χ3v) is 3.81. The number of hydrogen-bond acceptors (Lipinski definition) is 5. The molecule has 0 aliphatic carbocycles. The summed E-state index contributed by atoms with van der Waals surface area (Å²) in [4.78, 5) is 12.0. The van der Waals surface area contributed by atoms with Gasteiger partial charge in [0.1, 0.15) is 12.2 Å². The minimum atomic E-state index is -1.45. The summed E-state index contributed by atoms with van der Waals surface area (Å²) < 4.78 is 4.97. The van der Waals surface area contributed by atoms with Gasteiger partial charge in [-0.2, -0.15) is 0 Å². The van der Waals surface area contributed by atoms with Crippen molar-refractivity contribution in [3.05, 3.63) is 0 Å². The van der Waals surface area contributed by atoms with Crippen molar-refractivity contribution in [2.75, 3.05) is 13.7 Å². The molecule has 0 aromatic rings. The van der Waals surface area contributed by atoms with Crippen LogP contribution < -0.4 is 5.32 Å². The number of ether oxygens (including phenoxy) is 1. The van der Waals surface area contributed by atoms with Gasteiger partial charge in [-0.15, -0.1) is 0 Å². The molecule has 4 atom stereocenters. The van der Waals surface area contributed by atoms with Gasteiger partial charge in [0.25, 0.3) is 5.91 Å². The molecule has 0 unspecified atom stereocenters. The zero-order chi connectivity index (χ0) is 17.0. The van der Waals surface area contributed by atoms with Crippen LogP contribution in [0, 0.1) is 0 Å². The molecule has 0 rings (SSSR count). The molecule has 6 heteroatoms. The summed E-state index contributed by atoms with van der Waals surface area (Å²) in [5.41, 5.74) is 0. The molecule has 0 radical (unpaired) electrons. The zero-order valence-electron chi connectivity index (χ0n) is 14.1. The van der Waals surface area contributed by atoms with Gasteiger partial charge in [-0.05, 0) is 12.8 Å². The van der Waals surface area contributed by atoms with Crippen molar-refractivity contribution < 1.29 is 24.9 Å². The second kappa shape index (κ2) is 12.8. The maximum atomic E-state index is 12.0. The summed E-state index contributed by atoms with van der Waals surface area (Å²) in [6.07, 6.45) is 1.90. The number of aliphatic hydroxyl groups is 3. The van der Waals surface area contributed by atoms with E-state index in [0.29, 0.717) is 6.54 Å². The Hall–Kier alpha value is -0.690. The lowest BCUT2D eigenvalue weighted by Crippen LogP contribution is -2.51. The van der Waals surface area contributed by atoms with Crippen molar-refractivity contribution in [1.82, 2.24) is 5.32 Å². The second-order valence-corrected chi connectivity index (χ2v) is 5.67. The highest BCUT2D eigenvalue weighted by molar-refractivity contribution is 5.81. The van der Waals surface area contributed by atoms with E-state index in [1.165, 1.54) is 26.4 Å². The zero-order valence-corrected chi connectivity index (χ0v) is 14.1. The van der Waals surface area contributed by atoms with E-state index in [-0.39, 0.29) is 6.42 Å². The topological polar surface area (TPSA) is 99.0 Å². The molecule has 22 heavy (non-hydrogen) atoms. The fourth-order valence-corrected chi connectivity index (χ4v) is 2.27. The molecule has 0 aromatic heterocycles. The van der Waals surface area contributed by atoms with Crippen molar-refractivity contribution in [2.24, 2.45) is 0 Å². The lowest BCUT2D eigenvalue weighted by atomic mass is 10.0. The summed E-state index contributed by atoms with van der Waals surface area (Å²) in [5, 5.41) is 32.0. The van der Waals surface area contributed by atoms with Crippen LogP contribution in [-0.2, 0) is 9.53 Å². The number of rotatable bonds is 13. The van der Waals surface area contributed by atoms with E-state index in [0.717, 1.165) is 19.3 Å². The second-order valence-electron chi connectivity index (χ2n) is 5.67. The molecule has 0 saturated carbocycles. The van der Waals surface area contributed by atoms with E-state index in [1.54, 1.807) is 6.92 Å². The number of unbranched alkanes of at least 4 members (excludes halogenated alkanes) is 5. The molecular weight excluding hydrogens is 286 g/mol. The average Bonchev–Trinajstić information content (AvgIpc) is 2.52. The standard InChI is InChI=1S/C16H33NO5/c1-4-6-7-8-9-10-11-17-16(21)15(22-3)14(20)13(19)12(18)5-2/h12-15,18-20H,4-11H2,1-3H3,(H,17,21)/t12-,13-,14+,15-/m1/s1. The molecule has 6 nitrogen and oxygen atoms in total. The maximum Gasteiger partial charge on any atom is 0.251 e. The molecule has 1 amide bonds. The van der Waals surface area contributed by atoms with Gasteiger partial charge in [-0.25, -0.2) is 0 Å². The number of amides is 1. The van der Waals surface area contributed by atoms with Crippen LogP contribution in [0.3, 0.4) is 0 Å². The molecule has 0 bridgehead atoms. The molecule has 0 fully saturated rings. The van der Waals surface area contributed by atoms with Crippen molar-refractivity contribution in [3.63, 3.8) is 0 Å². The van der Waals surface area contributed by atoms with Gasteiger partial charge >= 0.3 is 0 Å². The molecule has 4 N–H and O–H groups in total. The summed E-state index contributed by atoms with van der Waals surface area (Å²) in [6.45, 7) is 4.37. The Bertz CT molecular complexity index is 288. The average molecular weight is 319 g/mol.